The Balaban J connectivity index is 1.74. The molecule has 0 unspecified atom stereocenters. The molecule has 0 aliphatic carbocycles. The Labute approximate surface area is 162 Å². The summed E-state index contributed by atoms with van der Waals surface area (Å²) in [5.41, 5.74) is -0.411. The Morgan fingerprint density at radius 1 is 0.966 bits per heavy atom. The lowest BCUT2D eigenvalue weighted by Crippen LogP contribution is -2.60. The van der Waals surface area contributed by atoms with Crippen LogP contribution in [0.25, 0.3) is 21.9 Å². The van der Waals surface area contributed by atoms with Crippen LogP contribution in [0.4, 0.5) is 0 Å². The minimum absolute atomic E-state index is 0.0206. The van der Waals surface area contributed by atoms with Gasteiger partial charge in [-0.1, -0.05) is 0 Å². The number of aromatic hydroxyl groups is 2. The standard InChI is InChI=1S/C19H18O10/c20-6-13-16(24)17(25)18(26)19(29-13)27-8-4-10(22)14-12(5-8)28-11-2-1-7(21)3-9(11)15(14)23/h1-5,13,16-22,24-26H,6H2/t13-,16-,17+,18-,19-/m1/s1. The summed E-state index contributed by atoms with van der Waals surface area (Å²) in [5.74, 6) is -0.659. The highest BCUT2D eigenvalue weighted by Gasteiger charge is 2.44. The number of ether oxygens (including phenoxy) is 2. The molecule has 2 heterocycles. The van der Waals surface area contributed by atoms with E-state index in [-0.39, 0.29) is 33.4 Å². The van der Waals surface area contributed by atoms with Crippen LogP contribution < -0.4 is 10.2 Å². The highest BCUT2D eigenvalue weighted by molar-refractivity contribution is 5.94. The summed E-state index contributed by atoms with van der Waals surface area (Å²) in [7, 11) is 0. The normalized spacial score (nSPS) is 27.4. The molecule has 4 rings (SSSR count). The predicted molar refractivity (Wildman–Crippen MR) is 97.7 cm³/mol. The molecule has 5 atom stereocenters. The second kappa shape index (κ2) is 7.17. The molecule has 1 aromatic heterocycles. The van der Waals surface area contributed by atoms with Crippen molar-refractivity contribution < 1.29 is 44.5 Å². The van der Waals surface area contributed by atoms with Gasteiger partial charge in [0.15, 0.2) is 0 Å². The Morgan fingerprint density at radius 2 is 1.72 bits per heavy atom. The summed E-state index contributed by atoms with van der Waals surface area (Å²) in [5, 5.41) is 58.8. The third kappa shape index (κ3) is 3.26. The Kier molecular flexibility index (Phi) is 4.81. The van der Waals surface area contributed by atoms with Crippen molar-refractivity contribution in [2.75, 3.05) is 6.61 Å². The van der Waals surface area contributed by atoms with Gasteiger partial charge in [0.05, 0.1) is 12.0 Å². The number of hydrogen-bond donors (Lipinski definition) is 6. The molecule has 1 aliphatic heterocycles. The second-order valence-corrected chi connectivity index (χ2v) is 6.74. The lowest BCUT2D eigenvalue weighted by Gasteiger charge is -2.39. The molecule has 1 fully saturated rings. The van der Waals surface area contributed by atoms with Gasteiger partial charge in [-0.2, -0.15) is 0 Å². The smallest absolute Gasteiger partial charge is 0.229 e. The average molecular weight is 406 g/mol. The van der Waals surface area contributed by atoms with Crippen molar-refractivity contribution in [3.63, 3.8) is 0 Å². The van der Waals surface area contributed by atoms with Gasteiger partial charge >= 0.3 is 0 Å². The largest absolute Gasteiger partial charge is 0.508 e. The van der Waals surface area contributed by atoms with E-state index in [2.05, 4.69) is 0 Å². The number of phenolic OH excluding ortho intramolecular Hbond substituents is 2. The monoisotopic (exact) mass is 406 g/mol. The van der Waals surface area contributed by atoms with Gasteiger partial charge in [0.1, 0.15) is 58.2 Å². The van der Waals surface area contributed by atoms with Crippen molar-refractivity contribution in [1.82, 2.24) is 0 Å². The molecule has 0 amide bonds. The van der Waals surface area contributed by atoms with Crippen LogP contribution in [0, 0.1) is 0 Å². The number of rotatable bonds is 3. The molecule has 2 aromatic carbocycles. The molecule has 3 aromatic rings. The molecule has 10 nitrogen and oxygen atoms in total. The van der Waals surface area contributed by atoms with Crippen LogP contribution >= 0.6 is 0 Å². The molecule has 1 saturated heterocycles. The third-order valence-electron chi connectivity index (χ3n) is 4.81. The van der Waals surface area contributed by atoms with Gasteiger partial charge in [-0.25, -0.2) is 0 Å². The van der Waals surface area contributed by atoms with Gasteiger partial charge < -0.3 is 44.5 Å². The maximum atomic E-state index is 12.7. The first-order valence-electron chi connectivity index (χ1n) is 8.70. The van der Waals surface area contributed by atoms with Gasteiger partial charge in [0.2, 0.25) is 11.7 Å². The first-order chi connectivity index (χ1) is 13.8. The Bertz CT molecular complexity index is 1120. The van der Waals surface area contributed by atoms with Crippen LogP contribution in [0.2, 0.25) is 0 Å². The number of aliphatic hydroxyl groups excluding tert-OH is 4. The maximum Gasteiger partial charge on any atom is 0.229 e. The summed E-state index contributed by atoms with van der Waals surface area (Å²) in [6.45, 7) is -0.624. The van der Waals surface area contributed by atoms with E-state index in [1.807, 2.05) is 0 Å². The number of hydrogen-bond acceptors (Lipinski definition) is 10. The van der Waals surface area contributed by atoms with Crippen molar-refractivity contribution in [3.05, 3.63) is 40.6 Å². The maximum absolute atomic E-state index is 12.7. The van der Waals surface area contributed by atoms with Crippen LogP contribution in [0.3, 0.4) is 0 Å². The van der Waals surface area contributed by atoms with Gasteiger partial charge in [0, 0.05) is 12.1 Å². The van der Waals surface area contributed by atoms with Crippen LogP contribution in [0.5, 0.6) is 17.2 Å². The number of phenols is 2. The topological polar surface area (TPSA) is 170 Å². The summed E-state index contributed by atoms with van der Waals surface area (Å²) in [6, 6.07) is 6.33. The van der Waals surface area contributed by atoms with Crippen LogP contribution in [-0.2, 0) is 4.74 Å². The Hall–Kier alpha value is -2.89. The highest BCUT2D eigenvalue weighted by atomic mass is 16.7. The number of benzene rings is 2. The minimum Gasteiger partial charge on any atom is -0.508 e. The molecular formula is C19H18O10. The van der Waals surface area contributed by atoms with Crippen LogP contribution in [0.1, 0.15) is 0 Å². The van der Waals surface area contributed by atoms with Crippen molar-refractivity contribution in [2.24, 2.45) is 0 Å². The average Bonchev–Trinajstić information content (AvgIpc) is 2.69. The van der Waals surface area contributed by atoms with Crippen molar-refractivity contribution in [3.8, 4) is 17.2 Å². The van der Waals surface area contributed by atoms with E-state index in [0.29, 0.717) is 0 Å². The molecule has 0 radical (unpaired) electrons. The first kappa shape index (κ1) is 19.4. The fraction of sp³-hybridized carbons (Fsp3) is 0.316. The van der Waals surface area contributed by atoms with E-state index in [9.17, 15) is 35.4 Å². The summed E-state index contributed by atoms with van der Waals surface area (Å²) in [4.78, 5) is 12.7. The lowest BCUT2D eigenvalue weighted by molar-refractivity contribution is -0.277. The quantitative estimate of drug-likeness (QED) is 0.313. The Morgan fingerprint density at radius 3 is 2.45 bits per heavy atom. The van der Waals surface area contributed by atoms with Crippen LogP contribution in [-0.4, -0.2) is 68.0 Å². The first-order valence-corrected chi connectivity index (χ1v) is 8.70. The summed E-state index contributed by atoms with van der Waals surface area (Å²) in [6.07, 6.45) is -7.44. The van der Waals surface area contributed by atoms with E-state index < -0.39 is 48.5 Å². The second-order valence-electron chi connectivity index (χ2n) is 6.74. The van der Waals surface area contributed by atoms with E-state index in [1.165, 1.54) is 24.3 Å². The molecule has 6 N–H and O–H groups in total. The predicted octanol–water partition coefficient (Wildman–Crippen LogP) is -0.464. The molecule has 0 bridgehead atoms. The van der Waals surface area contributed by atoms with Crippen LogP contribution in [0.15, 0.2) is 39.5 Å². The van der Waals surface area contributed by atoms with Crippen molar-refractivity contribution in [1.29, 1.82) is 0 Å². The zero-order chi connectivity index (χ0) is 20.9. The zero-order valence-electron chi connectivity index (χ0n) is 14.8. The molecule has 29 heavy (non-hydrogen) atoms. The molecule has 1 aliphatic rings. The van der Waals surface area contributed by atoms with Crippen molar-refractivity contribution in [2.45, 2.75) is 30.7 Å². The number of fused-ring (bicyclic) bond motifs is 2. The van der Waals surface area contributed by atoms with E-state index in [4.69, 9.17) is 13.9 Å². The van der Waals surface area contributed by atoms with E-state index >= 15 is 0 Å². The van der Waals surface area contributed by atoms with E-state index in [0.717, 1.165) is 6.07 Å². The fourth-order valence-electron chi connectivity index (χ4n) is 3.29. The molecule has 10 heteroatoms. The van der Waals surface area contributed by atoms with Gasteiger partial charge in [-0.15, -0.1) is 0 Å². The van der Waals surface area contributed by atoms with Gasteiger partial charge in [0.25, 0.3) is 0 Å². The lowest BCUT2D eigenvalue weighted by atomic mass is 9.99. The van der Waals surface area contributed by atoms with Gasteiger partial charge in [-0.3, -0.25) is 4.79 Å². The molecule has 0 saturated carbocycles. The van der Waals surface area contributed by atoms with E-state index in [1.54, 1.807) is 0 Å². The van der Waals surface area contributed by atoms with Gasteiger partial charge in [-0.05, 0) is 18.2 Å². The minimum atomic E-state index is -1.64. The highest BCUT2D eigenvalue weighted by Crippen LogP contribution is 2.33. The SMILES string of the molecule is O=c1c2cc(O)ccc2oc2cc(O[C@@H]3O[C@H](CO)[C@@H](O)[C@H](O)[C@H]3O)cc(O)c12. The molecular weight excluding hydrogens is 388 g/mol. The summed E-state index contributed by atoms with van der Waals surface area (Å²) < 4.78 is 16.3. The van der Waals surface area contributed by atoms with Crippen molar-refractivity contribution >= 4 is 21.9 Å². The number of aliphatic hydroxyl groups is 4. The molecule has 154 valence electrons. The molecule has 0 spiro atoms. The fourth-order valence-corrected chi connectivity index (χ4v) is 3.29. The zero-order valence-corrected chi connectivity index (χ0v) is 14.8. The summed E-state index contributed by atoms with van der Waals surface area (Å²) >= 11 is 0. The third-order valence-corrected chi connectivity index (χ3v) is 4.81.